The van der Waals surface area contributed by atoms with E-state index in [9.17, 15) is 9.90 Å². The Balaban J connectivity index is 1.43. The van der Waals surface area contributed by atoms with Crippen molar-refractivity contribution in [3.63, 3.8) is 0 Å². The topological polar surface area (TPSA) is 65.5 Å². The Morgan fingerprint density at radius 1 is 1.14 bits per heavy atom. The lowest BCUT2D eigenvalue weighted by Crippen LogP contribution is -2.54. The molecule has 2 heterocycles. The highest BCUT2D eigenvalue weighted by molar-refractivity contribution is 5.94. The number of carbonyl (C=O) groups excluding carboxylic acids is 1. The van der Waals surface area contributed by atoms with E-state index in [1.807, 2.05) is 29.2 Å². The van der Waals surface area contributed by atoms with Gasteiger partial charge in [0.1, 0.15) is 5.75 Å². The van der Waals surface area contributed by atoms with E-state index in [1.54, 1.807) is 7.11 Å². The molecule has 0 aromatic heterocycles. The molecule has 2 saturated heterocycles. The molecular formula is C22H35N3O4. The van der Waals surface area contributed by atoms with Crippen LogP contribution < -0.4 is 4.74 Å². The second-order valence-corrected chi connectivity index (χ2v) is 8.39. The SMILES string of the molecule is COc1ccc(C(=O)N2CCN(C[C@@H]3CN(C[C@@H](O)C(C)C)CCO3)CC2)cc1. The predicted octanol–water partition coefficient (Wildman–Crippen LogP) is 1.17. The van der Waals surface area contributed by atoms with Crippen LogP contribution in [0.2, 0.25) is 0 Å². The molecule has 1 N–H and O–H groups in total. The van der Waals surface area contributed by atoms with E-state index in [0.717, 1.165) is 51.6 Å². The molecule has 7 nitrogen and oxygen atoms in total. The summed E-state index contributed by atoms with van der Waals surface area (Å²) in [6, 6.07) is 7.30. The van der Waals surface area contributed by atoms with Gasteiger partial charge in [-0.1, -0.05) is 13.8 Å². The van der Waals surface area contributed by atoms with Crippen LogP contribution in [0.4, 0.5) is 0 Å². The van der Waals surface area contributed by atoms with Gasteiger partial charge in [0, 0.05) is 57.9 Å². The molecule has 3 rings (SSSR count). The van der Waals surface area contributed by atoms with Crippen molar-refractivity contribution in [2.45, 2.75) is 26.1 Å². The van der Waals surface area contributed by atoms with Gasteiger partial charge >= 0.3 is 0 Å². The van der Waals surface area contributed by atoms with Crippen molar-refractivity contribution in [3.05, 3.63) is 29.8 Å². The van der Waals surface area contributed by atoms with E-state index in [1.165, 1.54) is 0 Å². The number of benzene rings is 1. The maximum Gasteiger partial charge on any atom is 0.253 e. The van der Waals surface area contributed by atoms with Crippen molar-refractivity contribution in [1.29, 1.82) is 0 Å². The summed E-state index contributed by atoms with van der Waals surface area (Å²) in [4.78, 5) is 19.3. The summed E-state index contributed by atoms with van der Waals surface area (Å²) >= 11 is 0. The van der Waals surface area contributed by atoms with Gasteiger partial charge in [0.25, 0.3) is 5.91 Å². The molecule has 1 aromatic carbocycles. The highest BCUT2D eigenvalue weighted by Crippen LogP contribution is 2.16. The number of carbonyl (C=O) groups is 1. The quantitative estimate of drug-likeness (QED) is 0.735. The first kappa shape index (κ1) is 22.0. The van der Waals surface area contributed by atoms with E-state index in [4.69, 9.17) is 9.47 Å². The molecule has 162 valence electrons. The van der Waals surface area contributed by atoms with Gasteiger partial charge in [-0.05, 0) is 30.2 Å². The van der Waals surface area contributed by atoms with E-state index < -0.39 is 0 Å². The minimum absolute atomic E-state index is 0.0788. The van der Waals surface area contributed by atoms with Gasteiger partial charge in [0.15, 0.2) is 0 Å². The van der Waals surface area contributed by atoms with Crippen LogP contribution in [0.3, 0.4) is 0 Å². The van der Waals surface area contributed by atoms with Crippen LogP contribution in [0.15, 0.2) is 24.3 Å². The van der Waals surface area contributed by atoms with Crippen LogP contribution in [0, 0.1) is 5.92 Å². The summed E-state index contributed by atoms with van der Waals surface area (Å²) in [7, 11) is 1.62. The van der Waals surface area contributed by atoms with E-state index in [2.05, 4.69) is 23.6 Å². The first-order valence-corrected chi connectivity index (χ1v) is 10.6. The molecule has 0 saturated carbocycles. The average molecular weight is 406 g/mol. The fourth-order valence-electron chi connectivity index (χ4n) is 3.87. The monoisotopic (exact) mass is 405 g/mol. The molecule has 0 radical (unpaired) electrons. The lowest BCUT2D eigenvalue weighted by molar-refractivity contribution is -0.0596. The van der Waals surface area contributed by atoms with Gasteiger partial charge in [0.2, 0.25) is 0 Å². The number of aliphatic hydroxyl groups is 1. The minimum Gasteiger partial charge on any atom is -0.497 e. The Bertz CT molecular complexity index is 644. The van der Waals surface area contributed by atoms with Gasteiger partial charge in [-0.15, -0.1) is 0 Å². The van der Waals surface area contributed by atoms with Gasteiger partial charge < -0.3 is 19.5 Å². The third kappa shape index (κ3) is 6.15. The third-order valence-electron chi connectivity index (χ3n) is 5.90. The number of morpholine rings is 1. The van der Waals surface area contributed by atoms with Gasteiger partial charge in [0.05, 0.1) is 25.9 Å². The van der Waals surface area contributed by atoms with Gasteiger partial charge in [-0.25, -0.2) is 0 Å². The molecule has 0 unspecified atom stereocenters. The maximum atomic E-state index is 12.7. The van der Waals surface area contributed by atoms with Crippen LogP contribution in [0.5, 0.6) is 5.75 Å². The van der Waals surface area contributed by atoms with Crippen molar-refractivity contribution in [2.24, 2.45) is 5.92 Å². The van der Waals surface area contributed by atoms with E-state index >= 15 is 0 Å². The van der Waals surface area contributed by atoms with Crippen molar-refractivity contribution in [2.75, 3.05) is 66.1 Å². The molecular weight excluding hydrogens is 370 g/mol. The number of hydrogen-bond donors (Lipinski definition) is 1. The standard InChI is InChI=1S/C22H35N3O4/c1-17(2)21(26)16-24-12-13-29-20(15-24)14-23-8-10-25(11-9-23)22(27)18-4-6-19(28-3)7-5-18/h4-7,17,20-21,26H,8-16H2,1-3H3/t20-,21-/m1/s1. The number of β-amino-alcohol motifs (C(OH)–C–C–N with tert-alkyl or cyclic N) is 1. The predicted molar refractivity (Wildman–Crippen MR) is 112 cm³/mol. The largest absolute Gasteiger partial charge is 0.497 e. The summed E-state index contributed by atoms with van der Waals surface area (Å²) in [5.74, 6) is 1.11. The lowest BCUT2D eigenvalue weighted by atomic mass is 10.1. The van der Waals surface area contributed by atoms with E-state index in [0.29, 0.717) is 18.7 Å². The fraction of sp³-hybridized carbons (Fsp3) is 0.682. The van der Waals surface area contributed by atoms with Crippen molar-refractivity contribution >= 4 is 5.91 Å². The molecule has 0 bridgehead atoms. The molecule has 0 aliphatic carbocycles. The second-order valence-electron chi connectivity index (χ2n) is 8.39. The van der Waals surface area contributed by atoms with Gasteiger partial charge in [-0.3, -0.25) is 14.6 Å². The summed E-state index contributed by atoms with van der Waals surface area (Å²) in [5.41, 5.74) is 0.703. The van der Waals surface area contributed by atoms with Gasteiger partial charge in [-0.2, -0.15) is 0 Å². The molecule has 29 heavy (non-hydrogen) atoms. The average Bonchev–Trinajstić information content (AvgIpc) is 2.74. The molecule has 0 spiro atoms. The number of methoxy groups -OCH3 is 1. The number of hydrogen-bond acceptors (Lipinski definition) is 6. The van der Waals surface area contributed by atoms with Crippen LogP contribution in [0.1, 0.15) is 24.2 Å². The number of amides is 1. The van der Waals surface area contributed by atoms with Crippen LogP contribution in [0.25, 0.3) is 0 Å². The number of ether oxygens (including phenoxy) is 2. The highest BCUT2D eigenvalue weighted by Gasteiger charge is 2.27. The van der Waals surface area contributed by atoms with Crippen LogP contribution in [-0.4, -0.2) is 104 Å². The third-order valence-corrected chi connectivity index (χ3v) is 5.90. The van der Waals surface area contributed by atoms with Crippen molar-refractivity contribution in [1.82, 2.24) is 14.7 Å². The first-order chi connectivity index (χ1) is 14.0. The van der Waals surface area contributed by atoms with E-state index in [-0.39, 0.29) is 24.0 Å². The van der Waals surface area contributed by atoms with Crippen molar-refractivity contribution in [3.8, 4) is 5.75 Å². The molecule has 2 atom stereocenters. The van der Waals surface area contributed by atoms with Crippen LogP contribution in [-0.2, 0) is 4.74 Å². The second kappa shape index (κ2) is 10.4. The maximum absolute atomic E-state index is 12.7. The molecule has 7 heteroatoms. The zero-order chi connectivity index (χ0) is 20.8. The molecule has 2 aliphatic heterocycles. The molecule has 2 fully saturated rings. The Morgan fingerprint density at radius 3 is 2.45 bits per heavy atom. The summed E-state index contributed by atoms with van der Waals surface area (Å²) in [6.45, 7) is 11.3. The first-order valence-electron chi connectivity index (χ1n) is 10.6. The normalized spacial score (nSPS) is 22.7. The molecule has 2 aliphatic rings. The van der Waals surface area contributed by atoms with Crippen LogP contribution >= 0.6 is 0 Å². The number of piperazine rings is 1. The lowest BCUT2D eigenvalue weighted by Gasteiger charge is -2.39. The Kier molecular flexibility index (Phi) is 7.89. The number of aliphatic hydroxyl groups excluding tert-OH is 1. The van der Waals surface area contributed by atoms with Crippen molar-refractivity contribution < 1.29 is 19.4 Å². The minimum atomic E-state index is -0.290. The fourth-order valence-corrected chi connectivity index (χ4v) is 3.87. The Hall–Kier alpha value is -1.67. The Morgan fingerprint density at radius 2 is 1.83 bits per heavy atom. The summed E-state index contributed by atoms with van der Waals surface area (Å²) in [5, 5.41) is 10.2. The number of nitrogens with zero attached hydrogens (tertiary/aromatic N) is 3. The Labute approximate surface area is 174 Å². The highest BCUT2D eigenvalue weighted by atomic mass is 16.5. The molecule has 1 aromatic rings. The zero-order valence-corrected chi connectivity index (χ0v) is 17.9. The zero-order valence-electron chi connectivity index (χ0n) is 17.9. The smallest absolute Gasteiger partial charge is 0.253 e. The number of rotatable bonds is 7. The molecule has 1 amide bonds. The summed E-state index contributed by atoms with van der Waals surface area (Å²) in [6.07, 6.45) is -0.131. The summed E-state index contributed by atoms with van der Waals surface area (Å²) < 4.78 is 11.1.